The van der Waals surface area contributed by atoms with Crippen molar-refractivity contribution in [2.45, 2.75) is 6.18 Å². The maximum absolute atomic E-state index is 12.3. The van der Waals surface area contributed by atoms with Crippen LogP contribution < -0.4 is 10.5 Å². The molecule has 0 fully saturated rings. The highest BCUT2D eigenvalue weighted by Gasteiger charge is 2.42. The second-order valence-corrected chi connectivity index (χ2v) is 4.66. The molecule has 5 nitrogen and oxygen atoms in total. The van der Waals surface area contributed by atoms with Crippen LogP contribution in [0.4, 0.5) is 13.2 Å². The molecule has 0 atom stereocenters. The summed E-state index contributed by atoms with van der Waals surface area (Å²) in [7, 11) is 0. The number of halogens is 3. The Labute approximate surface area is 133 Å². The van der Waals surface area contributed by atoms with Gasteiger partial charge in [0.15, 0.2) is 5.78 Å². The average Bonchev–Trinajstić information content (AvgIpc) is 2.53. The first-order valence-electron chi connectivity index (χ1n) is 6.52. The second-order valence-electron chi connectivity index (χ2n) is 4.66. The van der Waals surface area contributed by atoms with Crippen molar-refractivity contribution < 1.29 is 32.3 Å². The van der Waals surface area contributed by atoms with E-state index in [0.29, 0.717) is 0 Å². The monoisotopic (exact) mass is 337 g/mol. The number of hydrogen-bond acceptors (Lipinski definition) is 4. The maximum Gasteiger partial charge on any atom is 0.491 e. The zero-order chi connectivity index (χ0) is 17.9. The van der Waals surface area contributed by atoms with Gasteiger partial charge in [-0.2, -0.15) is 13.2 Å². The Morgan fingerprint density at radius 3 is 2.08 bits per heavy atom. The first-order valence-corrected chi connectivity index (χ1v) is 6.52. The number of amides is 1. The highest BCUT2D eigenvalue weighted by molar-refractivity contribution is 6.10. The summed E-state index contributed by atoms with van der Waals surface area (Å²) in [6, 6.07) is 11.0. The van der Waals surface area contributed by atoms with E-state index in [4.69, 9.17) is 5.73 Å². The quantitative estimate of drug-likeness (QED) is 0.527. The van der Waals surface area contributed by atoms with E-state index in [1.165, 1.54) is 18.2 Å². The first kappa shape index (κ1) is 17.2. The van der Waals surface area contributed by atoms with E-state index >= 15 is 0 Å². The molecule has 2 rings (SSSR count). The van der Waals surface area contributed by atoms with Gasteiger partial charge in [-0.15, -0.1) is 0 Å². The number of carbonyl (C=O) groups excluding carboxylic acids is 3. The van der Waals surface area contributed by atoms with Gasteiger partial charge in [0.05, 0.1) is 5.56 Å². The SMILES string of the molecule is NC(=O)c1ccc(C(=O)c2ccccc2)cc1OC(=O)C(F)(F)F. The van der Waals surface area contributed by atoms with E-state index in [-0.39, 0.29) is 11.1 Å². The van der Waals surface area contributed by atoms with Gasteiger partial charge < -0.3 is 10.5 Å². The van der Waals surface area contributed by atoms with Gasteiger partial charge in [-0.1, -0.05) is 30.3 Å². The molecule has 0 unspecified atom stereocenters. The number of primary amides is 1. The minimum Gasteiger partial charge on any atom is -0.419 e. The highest BCUT2D eigenvalue weighted by atomic mass is 19.4. The highest BCUT2D eigenvalue weighted by Crippen LogP contribution is 2.25. The molecule has 2 aromatic rings. The fourth-order valence-corrected chi connectivity index (χ4v) is 1.87. The maximum atomic E-state index is 12.3. The molecular weight excluding hydrogens is 327 g/mol. The predicted molar refractivity (Wildman–Crippen MR) is 76.5 cm³/mol. The normalized spacial score (nSPS) is 11.0. The number of ether oxygens (including phenoxy) is 1. The van der Waals surface area contributed by atoms with E-state index in [9.17, 15) is 27.6 Å². The summed E-state index contributed by atoms with van der Waals surface area (Å²) < 4.78 is 41.2. The Morgan fingerprint density at radius 1 is 0.917 bits per heavy atom. The van der Waals surface area contributed by atoms with Gasteiger partial charge in [-0.05, 0) is 18.2 Å². The van der Waals surface area contributed by atoms with Crippen LogP contribution in [0.2, 0.25) is 0 Å². The van der Waals surface area contributed by atoms with Crippen molar-refractivity contribution in [2.75, 3.05) is 0 Å². The molecular formula is C16H10F3NO4. The lowest BCUT2D eigenvalue weighted by molar-refractivity contribution is -0.189. The van der Waals surface area contributed by atoms with Crippen LogP contribution in [0, 0.1) is 0 Å². The van der Waals surface area contributed by atoms with E-state index in [0.717, 1.165) is 12.1 Å². The number of benzene rings is 2. The summed E-state index contributed by atoms with van der Waals surface area (Å²) in [6.45, 7) is 0. The second kappa shape index (κ2) is 6.53. The zero-order valence-corrected chi connectivity index (χ0v) is 12.0. The van der Waals surface area contributed by atoms with Gasteiger partial charge >= 0.3 is 12.1 Å². The molecule has 0 saturated carbocycles. The first-order chi connectivity index (χ1) is 11.2. The van der Waals surface area contributed by atoms with Gasteiger partial charge in [0.2, 0.25) is 0 Å². The Balaban J connectivity index is 2.43. The fourth-order valence-electron chi connectivity index (χ4n) is 1.87. The third kappa shape index (κ3) is 3.78. The van der Waals surface area contributed by atoms with E-state index in [1.54, 1.807) is 18.2 Å². The van der Waals surface area contributed by atoms with Crippen LogP contribution in [0.1, 0.15) is 26.3 Å². The topological polar surface area (TPSA) is 86.5 Å². The minimum atomic E-state index is -5.26. The smallest absolute Gasteiger partial charge is 0.419 e. The van der Waals surface area contributed by atoms with Gasteiger partial charge in [0.1, 0.15) is 5.75 Å². The summed E-state index contributed by atoms with van der Waals surface area (Å²) >= 11 is 0. The van der Waals surface area contributed by atoms with Crippen molar-refractivity contribution in [3.63, 3.8) is 0 Å². The molecule has 0 saturated heterocycles. The standard InChI is InChI=1S/C16H10F3NO4/c17-16(18,19)15(23)24-12-8-10(6-7-11(12)14(20)22)13(21)9-4-2-1-3-5-9/h1-8H,(H2,20,22). The van der Waals surface area contributed by atoms with Crippen molar-refractivity contribution in [1.29, 1.82) is 0 Å². The van der Waals surface area contributed by atoms with Crippen LogP contribution in [0.3, 0.4) is 0 Å². The number of rotatable bonds is 4. The summed E-state index contributed by atoms with van der Waals surface area (Å²) in [6.07, 6.45) is -5.26. The van der Waals surface area contributed by atoms with Crippen LogP contribution in [0.25, 0.3) is 0 Å². The van der Waals surface area contributed by atoms with Crippen LogP contribution in [0.15, 0.2) is 48.5 Å². The summed E-state index contributed by atoms with van der Waals surface area (Å²) in [4.78, 5) is 34.5. The zero-order valence-electron chi connectivity index (χ0n) is 12.0. The fraction of sp³-hybridized carbons (Fsp3) is 0.0625. The van der Waals surface area contributed by atoms with Gasteiger partial charge in [-0.3, -0.25) is 9.59 Å². The van der Waals surface area contributed by atoms with E-state index in [2.05, 4.69) is 4.74 Å². The number of ketones is 1. The van der Waals surface area contributed by atoms with Crippen LogP contribution in [-0.4, -0.2) is 23.8 Å². The summed E-state index contributed by atoms with van der Waals surface area (Å²) in [5.74, 6) is -4.87. The number of carbonyl (C=O) groups is 3. The molecule has 1 amide bonds. The minimum absolute atomic E-state index is 0.0591. The molecule has 0 aliphatic rings. The van der Waals surface area contributed by atoms with Crippen LogP contribution in [-0.2, 0) is 4.79 Å². The largest absolute Gasteiger partial charge is 0.491 e. The Morgan fingerprint density at radius 2 is 1.54 bits per heavy atom. The molecule has 2 aromatic carbocycles. The van der Waals surface area contributed by atoms with Gasteiger partial charge in [0, 0.05) is 11.1 Å². The molecule has 24 heavy (non-hydrogen) atoms. The van der Waals surface area contributed by atoms with Crippen molar-refractivity contribution in [2.24, 2.45) is 5.73 Å². The van der Waals surface area contributed by atoms with Crippen molar-refractivity contribution in [3.05, 3.63) is 65.2 Å². The molecule has 0 heterocycles. The molecule has 0 radical (unpaired) electrons. The number of nitrogens with two attached hydrogens (primary N) is 1. The molecule has 0 aliphatic carbocycles. The predicted octanol–water partition coefficient (Wildman–Crippen LogP) is 2.48. The van der Waals surface area contributed by atoms with E-state index < -0.39 is 35.1 Å². The molecule has 8 heteroatoms. The Bertz CT molecular complexity index is 801. The van der Waals surface area contributed by atoms with Crippen LogP contribution in [0.5, 0.6) is 5.75 Å². The Hall–Kier alpha value is -3.16. The molecule has 0 bridgehead atoms. The number of hydrogen-bond donors (Lipinski definition) is 1. The lowest BCUT2D eigenvalue weighted by Gasteiger charge is -2.11. The molecule has 0 spiro atoms. The van der Waals surface area contributed by atoms with Crippen molar-refractivity contribution in [3.8, 4) is 5.75 Å². The molecule has 0 aliphatic heterocycles. The number of alkyl halides is 3. The summed E-state index contributed by atoms with van der Waals surface area (Å²) in [5.41, 5.74) is 4.81. The summed E-state index contributed by atoms with van der Waals surface area (Å²) in [5, 5.41) is 0. The molecule has 2 N–H and O–H groups in total. The molecule has 0 aromatic heterocycles. The molecule has 124 valence electrons. The average molecular weight is 337 g/mol. The number of esters is 1. The van der Waals surface area contributed by atoms with Gasteiger partial charge in [0.25, 0.3) is 5.91 Å². The Kier molecular flexibility index (Phi) is 4.68. The van der Waals surface area contributed by atoms with E-state index in [1.807, 2.05) is 0 Å². The third-order valence-electron chi connectivity index (χ3n) is 2.98. The third-order valence-corrected chi connectivity index (χ3v) is 2.98. The van der Waals surface area contributed by atoms with Crippen LogP contribution >= 0.6 is 0 Å². The lowest BCUT2D eigenvalue weighted by atomic mass is 10.0. The van der Waals surface area contributed by atoms with Crippen molar-refractivity contribution in [1.82, 2.24) is 0 Å². The van der Waals surface area contributed by atoms with Crippen molar-refractivity contribution >= 4 is 17.7 Å². The lowest BCUT2D eigenvalue weighted by Crippen LogP contribution is -2.29. The van der Waals surface area contributed by atoms with Gasteiger partial charge in [-0.25, -0.2) is 4.79 Å².